The first kappa shape index (κ1) is 18.0. The van der Waals surface area contributed by atoms with Crippen LogP contribution in [0.5, 0.6) is 0 Å². The molecule has 0 saturated carbocycles. The number of nitrogens with zero attached hydrogens (tertiary/aromatic N) is 1. The van der Waals surface area contributed by atoms with E-state index in [-0.39, 0.29) is 11.5 Å². The van der Waals surface area contributed by atoms with E-state index < -0.39 is 0 Å². The molecule has 0 atom stereocenters. The lowest BCUT2D eigenvalue weighted by atomic mass is 10.1. The number of rotatable bonds is 4. The Bertz CT molecular complexity index is 987. The largest absolute Gasteiger partial charge is 0.322 e. The summed E-state index contributed by atoms with van der Waals surface area (Å²) in [5.41, 5.74) is 4.09. The number of hydrogen-bond donors (Lipinski definition) is 1. The van der Waals surface area contributed by atoms with Gasteiger partial charge in [-0.3, -0.25) is 9.59 Å². The standard InChI is InChI=1S/C21H19ClN2O2/c1-14-9-15(2)11-19(10-14)23-21(26)17-5-8-20(25)24(13-17)12-16-3-6-18(22)7-4-16/h3-11,13H,12H2,1-2H3,(H,23,26). The summed E-state index contributed by atoms with van der Waals surface area (Å²) in [6.45, 7) is 4.34. The first-order chi connectivity index (χ1) is 12.4. The second-order valence-electron chi connectivity index (χ2n) is 6.34. The van der Waals surface area contributed by atoms with Gasteiger partial charge in [-0.05, 0) is 60.9 Å². The van der Waals surface area contributed by atoms with Gasteiger partial charge in [0.1, 0.15) is 0 Å². The van der Waals surface area contributed by atoms with E-state index in [9.17, 15) is 9.59 Å². The number of halogens is 1. The van der Waals surface area contributed by atoms with Crippen molar-refractivity contribution in [1.82, 2.24) is 4.57 Å². The van der Waals surface area contributed by atoms with E-state index in [1.807, 2.05) is 44.2 Å². The van der Waals surface area contributed by atoms with Crippen LogP contribution in [0.2, 0.25) is 5.02 Å². The maximum atomic E-state index is 12.6. The first-order valence-corrected chi connectivity index (χ1v) is 8.63. The van der Waals surface area contributed by atoms with Crippen LogP contribution in [0.3, 0.4) is 0 Å². The summed E-state index contributed by atoms with van der Waals surface area (Å²) >= 11 is 5.89. The van der Waals surface area contributed by atoms with Gasteiger partial charge in [0.05, 0.1) is 12.1 Å². The topological polar surface area (TPSA) is 51.1 Å². The Morgan fingerprint density at radius 2 is 1.65 bits per heavy atom. The van der Waals surface area contributed by atoms with Crippen LogP contribution in [-0.2, 0) is 6.54 Å². The summed E-state index contributed by atoms with van der Waals surface area (Å²) in [5.74, 6) is -0.250. The molecule has 1 N–H and O–H groups in total. The molecule has 5 heteroatoms. The molecule has 0 spiro atoms. The van der Waals surface area contributed by atoms with E-state index in [0.717, 1.165) is 22.4 Å². The van der Waals surface area contributed by atoms with Crippen molar-refractivity contribution in [1.29, 1.82) is 0 Å². The molecule has 132 valence electrons. The van der Waals surface area contributed by atoms with E-state index in [1.165, 1.54) is 10.6 Å². The number of nitrogens with one attached hydrogen (secondary N) is 1. The number of carbonyl (C=O) groups is 1. The van der Waals surface area contributed by atoms with Gasteiger partial charge < -0.3 is 9.88 Å². The first-order valence-electron chi connectivity index (χ1n) is 8.25. The fourth-order valence-electron chi connectivity index (χ4n) is 2.83. The minimum atomic E-state index is -0.250. The lowest BCUT2D eigenvalue weighted by Gasteiger charge is -2.10. The number of anilines is 1. The Balaban J connectivity index is 1.83. The highest BCUT2D eigenvalue weighted by Crippen LogP contribution is 2.15. The Kier molecular flexibility index (Phi) is 5.24. The fourth-order valence-corrected chi connectivity index (χ4v) is 2.95. The average Bonchev–Trinajstić information content (AvgIpc) is 2.58. The summed E-state index contributed by atoms with van der Waals surface area (Å²) in [4.78, 5) is 24.7. The number of aromatic nitrogens is 1. The van der Waals surface area contributed by atoms with Crippen LogP contribution >= 0.6 is 11.6 Å². The smallest absolute Gasteiger partial charge is 0.257 e. The molecule has 1 amide bonds. The number of hydrogen-bond acceptors (Lipinski definition) is 2. The van der Waals surface area contributed by atoms with Crippen LogP contribution < -0.4 is 10.9 Å². The average molecular weight is 367 g/mol. The third kappa shape index (κ3) is 4.41. The van der Waals surface area contributed by atoms with Gasteiger partial charge in [-0.2, -0.15) is 0 Å². The zero-order valence-electron chi connectivity index (χ0n) is 14.6. The number of amides is 1. The maximum absolute atomic E-state index is 12.6. The van der Waals surface area contributed by atoms with Crippen LogP contribution in [0.15, 0.2) is 65.6 Å². The zero-order valence-corrected chi connectivity index (χ0v) is 15.4. The Morgan fingerprint density at radius 1 is 1.00 bits per heavy atom. The number of carbonyl (C=O) groups excluding carboxylic acids is 1. The fraction of sp³-hybridized carbons (Fsp3) is 0.143. The van der Waals surface area contributed by atoms with Crippen LogP contribution in [-0.4, -0.2) is 10.5 Å². The number of pyridine rings is 1. The van der Waals surface area contributed by atoms with Crippen molar-refractivity contribution in [3.63, 3.8) is 0 Å². The van der Waals surface area contributed by atoms with E-state index in [4.69, 9.17) is 11.6 Å². The summed E-state index contributed by atoms with van der Waals surface area (Å²) in [6.07, 6.45) is 1.58. The van der Waals surface area contributed by atoms with Gasteiger partial charge in [-0.15, -0.1) is 0 Å². The van der Waals surface area contributed by atoms with Gasteiger partial charge >= 0.3 is 0 Å². The minimum absolute atomic E-state index is 0.164. The molecule has 3 rings (SSSR count). The highest BCUT2D eigenvalue weighted by atomic mass is 35.5. The Morgan fingerprint density at radius 3 is 2.31 bits per heavy atom. The van der Waals surface area contributed by atoms with Crippen molar-refractivity contribution in [2.24, 2.45) is 0 Å². The van der Waals surface area contributed by atoms with Crippen LogP contribution in [0.25, 0.3) is 0 Å². The molecular formula is C21H19ClN2O2. The molecule has 4 nitrogen and oxygen atoms in total. The normalized spacial score (nSPS) is 10.6. The predicted molar refractivity (Wildman–Crippen MR) is 105 cm³/mol. The van der Waals surface area contributed by atoms with E-state index in [1.54, 1.807) is 24.4 Å². The molecule has 3 aromatic rings. The molecule has 2 aromatic carbocycles. The summed E-state index contributed by atoms with van der Waals surface area (Å²) in [6, 6.07) is 16.1. The third-order valence-corrected chi connectivity index (χ3v) is 4.24. The molecule has 0 aliphatic heterocycles. The van der Waals surface area contributed by atoms with Crippen molar-refractivity contribution in [2.75, 3.05) is 5.32 Å². The van der Waals surface area contributed by atoms with Crippen molar-refractivity contribution in [3.8, 4) is 0 Å². The van der Waals surface area contributed by atoms with Crippen molar-refractivity contribution >= 4 is 23.2 Å². The van der Waals surface area contributed by atoms with Gasteiger partial charge in [0.15, 0.2) is 0 Å². The Hall–Kier alpha value is -2.85. The molecule has 1 heterocycles. The monoisotopic (exact) mass is 366 g/mol. The summed E-state index contributed by atoms with van der Waals surface area (Å²) in [7, 11) is 0. The molecule has 26 heavy (non-hydrogen) atoms. The van der Waals surface area contributed by atoms with Crippen molar-refractivity contribution < 1.29 is 4.79 Å². The zero-order chi connectivity index (χ0) is 18.7. The van der Waals surface area contributed by atoms with Gasteiger partial charge in [0.25, 0.3) is 11.5 Å². The molecule has 0 radical (unpaired) electrons. The maximum Gasteiger partial charge on any atom is 0.257 e. The van der Waals surface area contributed by atoms with Gasteiger partial charge in [0.2, 0.25) is 0 Å². The van der Waals surface area contributed by atoms with Crippen molar-refractivity contribution in [3.05, 3.63) is 98.4 Å². The van der Waals surface area contributed by atoms with Gasteiger partial charge in [-0.25, -0.2) is 0 Å². The lowest BCUT2D eigenvalue weighted by Crippen LogP contribution is -2.22. The SMILES string of the molecule is Cc1cc(C)cc(NC(=O)c2ccc(=O)n(Cc3ccc(Cl)cc3)c2)c1. The van der Waals surface area contributed by atoms with E-state index >= 15 is 0 Å². The summed E-state index contributed by atoms with van der Waals surface area (Å²) in [5, 5.41) is 3.53. The van der Waals surface area contributed by atoms with Gasteiger partial charge in [-0.1, -0.05) is 29.8 Å². The molecule has 0 bridgehead atoms. The van der Waals surface area contributed by atoms with Crippen LogP contribution in [0, 0.1) is 13.8 Å². The summed E-state index contributed by atoms with van der Waals surface area (Å²) < 4.78 is 1.51. The third-order valence-electron chi connectivity index (χ3n) is 3.99. The number of aryl methyl sites for hydroxylation is 2. The highest BCUT2D eigenvalue weighted by molar-refractivity contribution is 6.30. The van der Waals surface area contributed by atoms with E-state index in [0.29, 0.717) is 17.1 Å². The lowest BCUT2D eigenvalue weighted by molar-refractivity contribution is 0.102. The molecule has 0 fully saturated rings. The second-order valence-corrected chi connectivity index (χ2v) is 6.78. The van der Waals surface area contributed by atoms with Crippen molar-refractivity contribution in [2.45, 2.75) is 20.4 Å². The second kappa shape index (κ2) is 7.58. The van der Waals surface area contributed by atoms with Gasteiger partial charge in [0, 0.05) is 23.0 Å². The Labute approximate surface area is 157 Å². The molecule has 0 aliphatic carbocycles. The molecular weight excluding hydrogens is 348 g/mol. The quantitative estimate of drug-likeness (QED) is 0.743. The van der Waals surface area contributed by atoms with E-state index in [2.05, 4.69) is 5.32 Å². The predicted octanol–water partition coefficient (Wildman–Crippen LogP) is 4.42. The highest BCUT2D eigenvalue weighted by Gasteiger charge is 2.09. The molecule has 0 saturated heterocycles. The number of benzene rings is 2. The van der Waals surface area contributed by atoms with Crippen LogP contribution in [0.4, 0.5) is 5.69 Å². The minimum Gasteiger partial charge on any atom is -0.322 e. The van der Waals surface area contributed by atoms with Crippen LogP contribution in [0.1, 0.15) is 27.0 Å². The molecule has 0 aliphatic rings. The molecule has 1 aromatic heterocycles. The molecule has 0 unspecified atom stereocenters.